The van der Waals surface area contributed by atoms with Crippen LogP contribution in [0.2, 0.25) is 0 Å². The molecule has 39 heavy (non-hydrogen) atoms. The summed E-state index contributed by atoms with van der Waals surface area (Å²) in [5, 5.41) is 10.2. The van der Waals surface area contributed by atoms with E-state index in [-0.39, 0.29) is 24.3 Å². The molecule has 1 aliphatic heterocycles. The number of aromatic hydroxyl groups is 1. The SMILES string of the molecule is Oc1ccc2c(c1)CCCC(c1ccc(OC(F)F)cc1)=C2C1=CC=C(OC2CCN(CCCF)C2)C=CC1. The van der Waals surface area contributed by atoms with Gasteiger partial charge < -0.3 is 14.6 Å². The van der Waals surface area contributed by atoms with Gasteiger partial charge in [-0.3, -0.25) is 9.29 Å². The van der Waals surface area contributed by atoms with Crippen LogP contribution >= 0.6 is 0 Å². The van der Waals surface area contributed by atoms with Gasteiger partial charge in [0.2, 0.25) is 0 Å². The van der Waals surface area contributed by atoms with Crippen molar-refractivity contribution in [1.82, 2.24) is 4.90 Å². The number of nitrogens with zero attached hydrogens (tertiary/aromatic N) is 1. The number of hydrogen-bond acceptors (Lipinski definition) is 4. The Hall–Kier alpha value is -3.45. The van der Waals surface area contributed by atoms with E-state index in [1.54, 1.807) is 18.2 Å². The van der Waals surface area contributed by atoms with Crippen LogP contribution in [-0.4, -0.2) is 49.0 Å². The number of allylic oxidation sites excluding steroid dienone is 7. The maximum atomic E-state index is 12.7. The van der Waals surface area contributed by atoms with Gasteiger partial charge in [0, 0.05) is 19.6 Å². The van der Waals surface area contributed by atoms with Crippen molar-refractivity contribution in [2.24, 2.45) is 0 Å². The highest BCUT2D eigenvalue weighted by Crippen LogP contribution is 2.42. The van der Waals surface area contributed by atoms with Gasteiger partial charge >= 0.3 is 6.61 Å². The highest BCUT2D eigenvalue weighted by molar-refractivity contribution is 6.00. The molecule has 5 rings (SSSR count). The van der Waals surface area contributed by atoms with Crippen LogP contribution in [0.5, 0.6) is 11.5 Å². The lowest BCUT2D eigenvalue weighted by molar-refractivity contribution is -0.0498. The van der Waals surface area contributed by atoms with E-state index < -0.39 is 6.61 Å². The molecular formula is C32H34F3NO3. The molecule has 2 aromatic carbocycles. The highest BCUT2D eigenvalue weighted by atomic mass is 19.3. The van der Waals surface area contributed by atoms with Crippen LogP contribution in [0.3, 0.4) is 0 Å². The quantitative estimate of drug-likeness (QED) is 0.361. The number of likely N-dealkylation sites (tertiary alicyclic amines) is 1. The molecule has 7 heteroatoms. The average Bonchev–Trinajstić information content (AvgIpc) is 3.12. The van der Waals surface area contributed by atoms with E-state index in [4.69, 9.17) is 4.74 Å². The molecule has 3 aliphatic rings. The van der Waals surface area contributed by atoms with Crippen LogP contribution in [0.25, 0.3) is 11.1 Å². The molecule has 4 nitrogen and oxygen atoms in total. The zero-order valence-electron chi connectivity index (χ0n) is 21.9. The third kappa shape index (κ3) is 6.77. The first-order valence-electron chi connectivity index (χ1n) is 13.6. The number of benzene rings is 2. The van der Waals surface area contributed by atoms with Crippen molar-refractivity contribution < 1.29 is 27.8 Å². The Morgan fingerprint density at radius 3 is 2.69 bits per heavy atom. The minimum Gasteiger partial charge on any atom is -0.508 e. The minimum absolute atomic E-state index is 0.0841. The standard InChI is InChI=1S/C32H34F3NO3/c33-17-3-18-36-19-16-28(21-36)38-26-6-1-4-23(10-14-26)31-29(22-8-12-27(13-9-22)39-32(34)35)7-2-5-24-20-25(37)11-15-30(24)31/h1,6,8-15,20,28,32,37H,2-5,7,16-19,21H2. The molecule has 2 aromatic rings. The van der Waals surface area contributed by atoms with E-state index in [9.17, 15) is 18.3 Å². The number of alkyl halides is 3. The molecule has 0 saturated carbocycles. The van der Waals surface area contributed by atoms with Crippen molar-refractivity contribution in [1.29, 1.82) is 0 Å². The summed E-state index contributed by atoms with van der Waals surface area (Å²) in [6.45, 7) is -0.673. The number of hydrogen-bond donors (Lipinski definition) is 1. The van der Waals surface area contributed by atoms with Crippen LogP contribution in [0, 0.1) is 0 Å². The normalized spacial score (nSPS) is 19.8. The molecule has 1 unspecified atom stereocenters. The van der Waals surface area contributed by atoms with Gasteiger partial charge in [-0.15, -0.1) is 0 Å². The van der Waals surface area contributed by atoms with Crippen molar-refractivity contribution in [2.45, 2.75) is 51.2 Å². The second-order valence-electron chi connectivity index (χ2n) is 10.2. The van der Waals surface area contributed by atoms with Gasteiger partial charge in [0.05, 0.1) is 6.67 Å². The molecule has 1 N–H and O–H groups in total. The lowest BCUT2D eigenvalue weighted by atomic mass is 9.86. The zero-order valence-corrected chi connectivity index (χ0v) is 21.9. The smallest absolute Gasteiger partial charge is 0.387 e. The van der Waals surface area contributed by atoms with Crippen molar-refractivity contribution in [3.63, 3.8) is 0 Å². The Kier molecular flexibility index (Phi) is 8.77. The second kappa shape index (κ2) is 12.6. The number of rotatable bonds is 9. The lowest BCUT2D eigenvalue weighted by Gasteiger charge is -2.18. The first kappa shape index (κ1) is 27.1. The Balaban J connectivity index is 1.47. The van der Waals surface area contributed by atoms with Crippen molar-refractivity contribution in [3.8, 4) is 11.5 Å². The summed E-state index contributed by atoms with van der Waals surface area (Å²) < 4.78 is 48.8. The monoisotopic (exact) mass is 537 g/mol. The molecule has 0 bridgehead atoms. The first-order valence-corrected chi connectivity index (χ1v) is 13.6. The Morgan fingerprint density at radius 2 is 1.90 bits per heavy atom. The maximum Gasteiger partial charge on any atom is 0.387 e. The molecule has 0 amide bonds. The molecule has 1 heterocycles. The predicted molar refractivity (Wildman–Crippen MR) is 147 cm³/mol. The minimum atomic E-state index is -2.86. The van der Waals surface area contributed by atoms with Crippen LogP contribution < -0.4 is 4.74 Å². The molecule has 1 saturated heterocycles. The summed E-state index contributed by atoms with van der Waals surface area (Å²) in [7, 11) is 0. The Bertz CT molecular complexity index is 1280. The van der Waals surface area contributed by atoms with Crippen LogP contribution in [0.1, 0.15) is 48.8 Å². The molecule has 1 atom stereocenters. The summed E-state index contributed by atoms with van der Waals surface area (Å²) in [4.78, 5) is 2.25. The number of ether oxygens (including phenoxy) is 2. The Morgan fingerprint density at radius 1 is 1.05 bits per heavy atom. The molecular weight excluding hydrogens is 503 g/mol. The maximum absolute atomic E-state index is 12.7. The van der Waals surface area contributed by atoms with E-state index in [1.807, 2.05) is 36.4 Å². The number of phenolic OH excluding ortho intramolecular Hbond substituents is 1. The van der Waals surface area contributed by atoms with Crippen LogP contribution in [0.4, 0.5) is 13.2 Å². The second-order valence-corrected chi connectivity index (χ2v) is 10.2. The molecule has 2 aliphatic carbocycles. The van der Waals surface area contributed by atoms with Gasteiger partial charge in [-0.1, -0.05) is 30.4 Å². The fourth-order valence-corrected chi connectivity index (χ4v) is 5.71. The number of fused-ring (bicyclic) bond motifs is 1. The van der Waals surface area contributed by atoms with Gasteiger partial charge in [-0.05, 0) is 108 Å². The van der Waals surface area contributed by atoms with E-state index in [0.717, 1.165) is 84.5 Å². The van der Waals surface area contributed by atoms with Crippen LogP contribution in [-0.2, 0) is 11.2 Å². The van der Waals surface area contributed by atoms with E-state index >= 15 is 0 Å². The fraction of sp³-hybridized carbons (Fsp3) is 0.375. The summed E-state index contributed by atoms with van der Waals surface area (Å²) in [5.74, 6) is 1.18. The average molecular weight is 538 g/mol. The topological polar surface area (TPSA) is 41.9 Å². The van der Waals surface area contributed by atoms with Gasteiger partial charge in [0.1, 0.15) is 23.4 Å². The fourth-order valence-electron chi connectivity index (χ4n) is 5.71. The van der Waals surface area contributed by atoms with E-state index in [2.05, 4.69) is 21.8 Å². The number of aryl methyl sites for hydroxylation is 1. The zero-order chi connectivity index (χ0) is 27.2. The van der Waals surface area contributed by atoms with Crippen molar-refractivity contribution in [2.75, 3.05) is 26.3 Å². The summed E-state index contributed by atoms with van der Waals surface area (Å²) >= 11 is 0. The Labute approximate surface area is 227 Å². The highest BCUT2D eigenvalue weighted by Gasteiger charge is 2.25. The lowest BCUT2D eigenvalue weighted by Crippen LogP contribution is -2.24. The summed E-state index contributed by atoms with van der Waals surface area (Å²) in [5.41, 5.74) is 6.49. The van der Waals surface area contributed by atoms with Crippen molar-refractivity contribution >= 4 is 11.1 Å². The summed E-state index contributed by atoms with van der Waals surface area (Å²) in [6, 6.07) is 12.4. The van der Waals surface area contributed by atoms with Gasteiger partial charge in [0.25, 0.3) is 0 Å². The van der Waals surface area contributed by atoms with Crippen molar-refractivity contribution in [3.05, 3.63) is 94.8 Å². The molecule has 206 valence electrons. The number of halogens is 3. The number of phenols is 1. The molecule has 0 aromatic heterocycles. The van der Waals surface area contributed by atoms with Gasteiger partial charge in [-0.2, -0.15) is 8.78 Å². The third-order valence-electron chi connectivity index (χ3n) is 7.49. The van der Waals surface area contributed by atoms with Crippen LogP contribution in [0.15, 0.2) is 78.1 Å². The van der Waals surface area contributed by atoms with Gasteiger partial charge in [0.15, 0.2) is 0 Å². The van der Waals surface area contributed by atoms with E-state index in [0.29, 0.717) is 12.8 Å². The summed E-state index contributed by atoms with van der Waals surface area (Å²) in [6.07, 6.45) is 13.0. The molecule has 0 spiro atoms. The molecule has 1 fully saturated rings. The first-order chi connectivity index (χ1) is 19.0. The van der Waals surface area contributed by atoms with E-state index in [1.165, 1.54) is 0 Å². The third-order valence-corrected chi connectivity index (χ3v) is 7.49. The predicted octanol–water partition coefficient (Wildman–Crippen LogP) is 7.46. The van der Waals surface area contributed by atoms with Gasteiger partial charge in [-0.25, -0.2) is 0 Å². The molecule has 0 radical (unpaired) electrons. The largest absolute Gasteiger partial charge is 0.508 e.